The Morgan fingerprint density at radius 2 is 2.21 bits per heavy atom. The third-order valence-corrected chi connectivity index (χ3v) is 4.00. The van der Waals surface area contributed by atoms with Crippen LogP contribution in [0, 0.1) is 5.82 Å². The molecule has 1 N–H and O–H groups in total. The minimum atomic E-state index is -0.334. The van der Waals surface area contributed by atoms with Gasteiger partial charge >= 0.3 is 0 Å². The van der Waals surface area contributed by atoms with Crippen molar-refractivity contribution < 1.29 is 4.39 Å². The number of halogens is 1. The molecular formula is C13H15FN4S. The average molecular weight is 278 g/mol. The highest BCUT2D eigenvalue weighted by Gasteiger charge is 2.19. The number of hydrogen-bond acceptors (Lipinski definition) is 5. The quantitative estimate of drug-likeness (QED) is 0.825. The van der Waals surface area contributed by atoms with E-state index in [9.17, 15) is 4.39 Å². The molecule has 4 nitrogen and oxygen atoms in total. The molecule has 2 aromatic rings. The lowest BCUT2D eigenvalue weighted by Crippen LogP contribution is -2.17. The highest BCUT2D eigenvalue weighted by molar-refractivity contribution is 7.14. The fourth-order valence-corrected chi connectivity index (χ4v) is 2.65. The molecule has 0 aromatic carbocycles. The number of aromatic nitrogens is 3. The van der Waals surface area contributed by atoms with Crippen molar-refractivity contribution in [2.24, 2.45) is 0 Å². The molecular weight excluding hydrogens is 263 g/mol. The Balaban J connectivity index is 1.54. The molecule has 1 aliphatic rings. The van der Waals surface area contributed by atoms with Crippen molar-refractivity contribution >= 4 is 11.3 Å². The Morgan fingerprint density at radius 1 is 1.32 bits per heavy atom. The van der Waals surface area contributed by atoms with Crippen LogP contribution >= 0.6 is 11.3 Å². The van der Waals surface area contributed by atoms with Crippen molar-refractivity contribution in [3.8, 4) is 10.7 Å². The summed E-state index contributed by atoms with van der Waals surface area (Å²) in [6.45, 7) is 1.04. The smallest absolute Gasteiger partial charge is 0.166 e. The Hall–Kier alpha value is -1.40. The van der Waals surface area contributed by atoms with E-state index in [4.69, 9.17) is 0 Å². The number of hydrogen-bond donors (Lipinski definition) is 1. The zero-order valence-corrected chi connectivity index (χ0v) is 11.3. The summed E-state index contributed by atoms with van der Waals surface area (Å²) in [5, 5.41) is 13.5. The largest absolute Gasteiger partial charge is 0.314 e. The first kappa shape index (κ1) is 12.6. The van der Waals surface area contributed by atoms with Gasteiger partial charge in [-0.05, 0) is 37.9 Å². The number of nitrogens with one attached hydrogen (secondary N) is 1. The van der Waals surface area contributed by atoms with Crippen LogP contribution in [-0.4, -0.2) is 27.8 Å². The molecule has 0 saturated heterocycles. The zero-order valence-electron chi connectivity index (χ0n) is 10.5. The van der Waals surface area contributed by atoms with Crippen LogP contribution in [0.5, 0.6) is 0 Å². The molecule has 0 amide bonds. The van der Waals surface area contributed by atoms with E-state index < -0.39 is 0 Å². The van der Waals surface area contributed by atoms with Crippen LogP contribution in [0.1, 0.15) is 24.3 Å². The second-order valence-corrected chi connectivity index (χ2v) is 5.76. The van der Waals surface area contributed by atoms with Crippen LogP contribution in [0.2, 0.25) is 0 Å². The van der Waals surface area contributed by atoms with E-state index in [-0.39, 0.29) is 5.82 Å². The van der Waals surface area contributed by atoms with Crippen LogP contribution in [0.15, 0.2) is 18.3 Å². The van der Waals surface area contributed by atoms with Gasteiger partial charge in [0.15, 0.2) is 5.01 Å². The third-order valence-electron chi connectivity index (χ3n) is 2.99. The molecule has 100 valence electrons. The molecule has 0 atom stereocenters. The molecule has 1 aliphatic carbocycles. The van der Waals surface area contributed by atoms with E-state index in [0.717, 1.165) is 35.4 Å². The first-order valence-corrected chi connectivity index (χ1v) is 7.30. The molecule has 0 aliphatic heterocycles. The molecule has 0 bridgehead atoms. The van der Waals surface area contributed by atoms with Crippen LogP contribution in [0.4, 0.5) is 4.39 Å². The Kier molecular flexibility index (Phi) is 3.79. The standard InChI is InChI=1S/C13H15FN4S/c14-9-3-6-11(16-8-9)13-18-17-12(19-13)2-1-7-15-10-4-5-10/h3,6,8,10,15H,1-2,4-5,7H2. The number of rotatable bonds is 6. The lowest BCUT2D eigenvalue weighted by atomic mass is 10.3. The van der Waals surface area contributed by atoms with Gasteiger partial charge in [-0.25, -0.2) is 4.39 Å². The molecule has 3 rings (SSSR count). The third kappa shape index (κ3) is 3.54. The number of pyridine rings is 1. The summed E-state index contributed by atoms with van der Waals surface area (Å²) < 4.78 is 12.8. The van der Waals surface area contributed by atoms with Crippen molar-refractivity contribution in [1.82, 2.24) is 20.5 Å². The predicted octanol–water partition coefficient (Wildman–Crippen LogP) is 2.42. The summed E-state index contributed by atoms with van der Waals surface area (Å²) >= 11 is 1.53. The van der Waals surface area contributed by atoms with Gasteiger partial charge in [-0.2, -0.15) is 0 Å². The monoisotopic (exact) mass is 278 g/mol. The zero-order chi connectivity index (χ0) is 13.1. The molecule has 6 heteroatoms. The summed E-state index contributed by atoms with van der Waals surface area (Å²) in [5.74, 6) is -0.334. The first-order valence-electron chi connectivity index (χ1n) is 6.49. The molecule has 2 heterocycles. The van der Waals surface area contributed by atoms with Crippen molar-refractivity contribution in [1.29, 1.82) is 0 Å². The minimum Gasteiger partial charge on any atom is -0.314 e. The van der Waals surface area contributed by atoms with Crippen molar-refractivity contribution in [3.63, 3.8) is 0 Å². The van der Waals surface area contributed by atoms with E-state index in [0.29, 0.717) is 5.69 Å². The second-order valence-electron chi connectivity index (χ2n) is 4.69. The molecule has 1 saturated carbocycles. The molecule has 1 fully saturated rings. The minimum absolute atomic E-state index is 0.334. The normalized spacial score (nSPS) is 14.8. The van der Waals surface area contributed by atoms with E-state index in [1.54, 1.807) is 6.07 Å². The Bertz CT molecular complexity index is 536. The van der Waals surface area contributed by atoms with Gasteiger partial charge in [-0.1, -0.05) is 11.3 Å². The predicted molar refractivity (Wildman–Crippen MR) is 72.4 cm³/mol. The van der Waals surface area contributed by atoms with Gasteiger partial charge in [-0.3, -0.25) is 4.98 Å². The fourth-order valence-electron chi connectivity index (χ4n) is 1.79. The SMILES string of the molecule is Fc1ccc(-c2nnc(CCCNC3CC3)s2)nc1. The van der Waals surface area contributed by atoms with Crippen molar-refractivity contribution in [3.05, 3.63) is 29.2 Å². The van der Waals surface area contributed by atoms with Gasteiger partial charge in [0.25, 0.3) is 0 Å². The summed E-state index contributed by atoms with van der Waals surface area (Å²) in [5.41, 5.74) is 0.682. The van der Waals surface area contributed by atoms with Gasteiger partial charge in [0.1, 0.15) is 16.5 Å². The number of nitrogens with zero attached hydrogens (tertiary/aromatic N) is 3. The van der Waals surface area contributed by atoms with Gasteiger partial charge in [-0.15, -0.1) is 10.2 Å². The molecule has 0 radical (unpaired) electrons. The maximum Gasteiger partial charge on any atom is 0.166 e. The van der Waals surface area contributed by atoms with Crippen LogP contribution in [-0.2, 0) is 6.42 Å². The summed E-state index contributed by atoms with van der Waals surface area (Å²) in [4.78, 5) is 4.01. The van der Waals surface area contributed by atoms with E-state index in [1.807, 2.05) is 0 Å². The topological polar surface area (TPSA) is 50.7 Å². The highest BCUT2D eigenvalue weighted by atomic mass is 32.1. The lowest BCUT2D eigenvalue weighted by Gasteiger charge is -1.99. The summed E-state index contributed by atoms with van der Waals surface area (Å²) in [6, 6.07) is 3.78. The first-order chi connectivity index (χ1) is 9.31. The lowest BCUT2D eigenvalue weighted by molar-refractivity contribution is 0.622. The Labute approximate surface area is 115 Å². The van der Waals surface area contributed by atoms with E-state index >= 15 is 0 Å². The van der Waals surface area contributed by atoms with Gasteiger partial charge in [0.2, 0.25) is 0 Å². The van der Waals surface area contributed by atoms with Crippen LogP contribution in [0.3, 0.4) is 0 Å². The summed E-state index contributed by atoms with van der Waals surface area (Å²) in [7, 11) is 0. The van der Waals surface area contributed by atoms with E-state index in [1.165, 1.54) is 36.4 Å². The van der Waals surface area contributed by atoms with Gasteiger partial charge in [0, 0.05) is 12.5 Å². The van der Waals surface area contributed by atoms with Crippen molar-refractivity contribution in [2.75, 3.05) is 6.54 Å². The van der Waals surface area contributed by atoms with Gasteiger partial charge < -0.3 is 5.32 Å². The second kappa shape index (κ2) is 5.71. The summed E-state index contributed by atoms with van der Waals surface area (Å²) in [6.07, 6.45) is 5.84. The molecule has 0 unspecified atom stereocenters. The fraction of sp³-hybridized carbons (Fsp3) is 0.462. The highest BCUT2D eigenvalue weighted by Crippen LogP contribution is 2.22. The molecule has 0 spiro atoms. The van der Waals surface area contributed by atoms with Crippen LogP contribution in [0.25, 0.3) is 10.7 Å². The maximum atomic E-state index is 12.8. The van der Waals surface area contributed by atoms with E-state index in [2.05, 4.69) is 20.5 Å². The average Bonchev–Trinajstić information content (AvgIpc) is 3.13. The Morgan fingerprint density at radius 3 is 2.95 bits per heavy atom. The van der Waals surface area contributed by atoms with Gasteiger partial charge in [0.05, 0.1) is 6.20 Å². The molecule has 2 aromatic heterocycles. The molecule has 19 heavy (non-hydrogen) atoms. The van der Waals surface area contributed by atoms with Crippen LogP contribution < -0.4 is 5.32 Å². The maximum absolute atomic E-state index is 12.8. The number of aryl methyl sites for hydroxylation is 1. The van der Waals surface area contributed by atoms with Crippen molar-refractivity contribution in [2.45, 2.75) is 31.7 Å².